The van der Waals surface area contributed by atoms with Crippen molar-refractivity contribution in [2.24, 2.45) is 11.7 Å². The molecule has 100 valence electrons. The third kappa shape index (κ3) is 4.25. The number of benzene rings is 1. The highest BCUT2D eigenvalue weighted by molar-refractivity contribution is 5.97. The Morgan fingerprint density at radius 3 is 2.06 bits per heavy atom. The average molecular weight is 272 g/mol. The van der Waals surface area contributed by atoms with Gasteiger partial charge < -0.3 is 16.8 Å². The van der Waals surface area contributed by atoms with Crippen LogP contribution in [0.5, 0.6) is 0 Å². The maximum atomic E-state index is 11.8. The van der Waals surface area contributed by atoms with E-state index in [1.54, 1.807) is 24.3 Å². The fourth-order valence-electron chi connectivity index (χ4n) is 1.43. The van der Waals surface area contributed by atoms with Gasteiger partial charge in [-0.15, -0.1) is 12.4 Å². The van der Waals surface area contributed by atoms with Gasteiger partial charge in [0, 0.05) is 11.3 Å². The molecule has 0 aromatic heterocycles. The second-order valence-electron chi connectivity index (χ2n) is 4.22. The van der Waals surface area contributed by atoms with E-state index in [4.69, 9.17) is 11.5 Å². The molecule has 1 aromatic carbocycles. The fourth-order valence-corrected chi connectivity index (χ4v) is 1.43. The van der Waals surface area contributed by atoms with Crippen molar-refractivity contribution in [3.05, 3.63) is 29.8 Å². The summed E-state index contributed by atoms with van der Waals surface area (Å²) in [4.78, 5) is 23.0. The number of amides is 2. The molecule has 0 fully saturated rings. The molecule has 0 saturated carbocycles. The minimum Gasteiger partial charge on any atom is -0.399 e. The molecule has 0 aliphatic heterocycles. The Labute approximate surface area is 112 Å². The van der Waals surface area contributed by atoms with Gasteiger partial charge in [0.2, 0.25) is 5.91 Å². The molecule has 18 heavy (non-hydrogen) atoms. The predicted molar refractivity (Wildman–Crippen MR) is 73.4 cm³/mol. The number of hydrogen-bond donors (Lipinski definition) is 3. The molecular weight excluding hydrogens is 254 g/mol. The first-order chi connectivity index (χ1) is 7.91. The van der Waals surface area contributed by atoms with Crippen LogP contribution in [0.25, 0.3) is 0 Å². The van der Waals surface area contributed by atoms with Crippen LogP contribution in [-0.2, 0) is 4.79 Å². The second-order valence-corrected chi connectivity index (χ2v) is 4.22. The van der Waals surface area contributed by atoms with Crippen molar-refractivity contribution in [1.82, 2.24) is 5.32 Å². The zero-order chi connectivity index (χ0) is 13.0. The minimum atomic E-state index is -0.667. The van der Waals surface area contributed by atoms with Crippen LogP contribution in [0.2, 0.25) is 0 Å². The van der Waals surface area contributed by atoms with E-state index >= 15 is 0 Å². The zero-order valence-corrected chi connectivity index (χ0v) is 11.2. The molecule has 0 bridgehead atoms. The zero-order valence-electron chi connectivity index (χ0n) is 10.3. The lowest BCUT2D eigenvalue weighted by molar-refractivity contribution is -0.120. The van der Waals surface area contributed by atoms with E-state index in [1.807, 2.05) is 13.8 Å². The van der Waals surface area contributed by atoms with Gasteiger partial charge in [0.05, 0.1) is 0 Å². The molecule has 0 spiro atoms. The number of carbonyl (C=O) groups excluding carboxylic acids is 2. The van der Waals surface area contributed by atoms with Crippen LogP contribution in [-0.4, -0.2) is 17.9 Å². The standard InChI is InChI=1S/C12H17N3O2.ClH/c1-7(2)10(11(14)16)15-12(17)8-3-5-9(13)6-4-8;/h3-7,10H,13H2,1-2H3,(H2,14,16)(H,15,17);1H. The van der Waals surface area contributed by atoms with Crippen molar-refractivity contribution in [2.75, 3.05) is 5.73 Å². The van der Waals surface area contributed by atoms with Gasteiger partial charge in [-0.3, -0.25) is 9.59 Å². The number of hydrogen-bond acceptors (Lipinski definition) is 3. The number of nitrogens with two attached hydrogens (primary N) is 2. The molecule has 2 amide bonds. The van der Waals surface area contributed by atoms with E-state index in [0.29, 0.717) is 11.3 Å². The molecule has 1 atom stereocenters. The van der Waals surface area contributed by atoms with Crippen molar-refractivity contribution in [3.8, 4) is 0 Å². The molecule has 0 aliphatic carbocycles. The molecule has 1 aromatic rings. The molecule has 0 radical (unpaired) electrons. The topological polar surface area (TPSA) is 98.2 Å². The first kappa shape index (κ1) is 16.2. The van der Waals surface area contributed by atoms with E-state index < -0.39 is 11.9 Å². The smallest absolute Gasteiger partial charge is 0.251 e. The van der Waals surface area contributed by atoms with E-state index in [1.165, 1.54) is 0 Å². The Kier molecular flexibility index (Phi) is 6.19. The lowest BCUT2D eigenvalue weighted by atomic mass is 10.0. The summed E-state index contributed by atoms with van der Waals surface area (Å²) in [6.07, 6.45) is 0. The predicted octanol–water partition coefficient (Wildman–Crippen LogP) is 0.930. The summed E-state index contributed by atoms with van der Waals surface area (Å²) in [5.74, 6) is -0.920. The summed E-state index contributed by atoms with van der Waals surface area (Å²) < 4.78 is 0. The largest absolute Gasteiger partial charge is 0.399 e. The Hall–Kier alpha value is -1.75. The van der Waals surface area contributed by atoms with Gasteiger partial charge in [-0.2, -0.15) is 0 Å². The Morgan fingerprint density at radius 1 is 1.17 bits per heavy atom. The van der Waals surface area contributed by atoms with Gasteiger partial charge in [-0.05, 0) is 30.2 Å². The quantitative estimate of drug-likeness (QED) is 0.711. The minimum absolute atomic E-state index is 0. The Morgan fingerprint density at radius 2 is 1.67 bits per heavy atom. The molecule has 1 unspecified atom stereocenters. The average Bonchev–Trinajstić information content (AvgIpc) is 2.25. The molecular formula is C12H18ClN3O2. The van der Waals surface area contributed by atoms with Crippen LogP contribution in [0.1, 0.15) is 24.2 Å². The van der Waals surface area contributed by atoms with Gasteiger partial charge in [0.25, 0.3) is 5.91 Å². The first-order valence-corrected chi connectivity index (χ1v) is 5.37. The van der Waals surface area contributed by atoms with E-state index in [0.717, 1.165) is 0 Å². The SMILES string of the molecule is CC(C)C(NC(=O)c1ccc(N)cc1)C(N)=O.Cl. The summed E-state index contributed by atoms with van der Waals surface area (Å²) in [5, 5.41) is 2.60. The molecule has 0 saturated heterocycles. The van der Waals surface area contributed by atoms with Gasteiger partial charge in [-0.1, -0.05) is 13.8 Å². The summed E-state index contributed by atoms with van der Waals surface area (Å²) in [6.45, 7) is 3.64. The molecule has 5 N–H and O–H groups in total. The molecule has 0 aliphatic rings. The van der Waals surface area contributed by atoms with Crippen LogP contribution in [0.3, 0.4) is 0 Å². The number of nitrogens with one attached hydrogen (secondary N) is 1. The van der Waals surface area contributed by atoms with E-state index in [-0.39, 0.29) is 24.2 Å². The summed E-state index contributed by atoms with van der Waals surface area (Å²) in [5.41, 5.74) is 11.8. The normalized spacial score (nSPS) is 11.5. The maximum Gasteiger partial charge on any atom is 0.251 e. The van der Waals surface area contributed by atoms with Crippen molar-refractivity contribution in [3.63, 3.8) is 0 Å². The van der Waals surface area contributed by atoms with E-state index in [2.05, 4.69) is 5.32 Å². The molecule has 5 nitrogen and oxygen atoms in total. The third-order valence-electron chi connectivity index (χ3n) is 2.43. The van der Waals surface area contributed by atoms with E-state index in [9.17, 15) is 9.59 Å². The number of halogens is 1. The van der Waals surface area contributed by atoms with Crippen LogP contribution in [0.15, 0.2) is 24.3 Å². The number of rotatable bonds is 4. The van der Waals surface area contributed by atoms with Crippen LogP contribution >= 0.6 is 12.4 Å². The maximum absolute atomic E-state index is 11.8. The van der Waals surface area contributed by atoms with Crippen molar-refractivity contribution in [2.45, 2.75) is 19.9 Å². The lowest BCUT2D eigenvalue weighted by Crippen LogP contribution is -2.47. The highest BCUT2D eigenvalue weighted by atomic mass is 35.5. The summed E-state index contributed by atoms with van der Waals surface area (Å²) in [6, 6.07) is 5.79. The Bertz CT molecular complexity index is 418. The second kappa shape index (κ2) is 6.86. The monoisotopic (exact) mass is 271 g/mol. The number of primary amides is 1. The van der Waals surface area contributed by atoms with Crippen LogP contribution in [0.4, 0.5) is 5.69 Å². The number of carbonyl (C=O) groups is 2. The molecule has 6 heteroatoms. The van der Waals surface area contributed by atoms with Gasteiger partial charge in [0.15, 0.2) is 0 Å². The first-order valence-electron chi connectivity index (χ1n) is 5.37. The molecule has 1 rings (SSSR count). The van der Waals surface area contributed by atoms with Crippen molar-refractivity contribution in [1.29, 1.82) is 0 Å². The summed E-state index contributed by atoms with van der Waals surface area (Å²) >= 11 is 0. The Balaban J connectivity index is 0.00000289. The highest BCUT2D eigenvalue weighted by Gasteiger charge is 2.21. The van der Waals surface area contributed by atoms with Crippen molar-refractivity contribution < 1.29 is 9.59 Å². The third-order valence-corrected chi connectivity index (χ3v) is 2.43. The number of anilines is 1. The van der Waals surface area contributed by atoms with Gasteiger partial charge in [-0.25, -0.2) is 0 Å². The summed E-state index contributed by atoms with van der Waals surface area (Å²) in [7, 11) is 0. The van der Waals surface area contributed by atoms with Gasteiger partial charge >= 0.3 is 0 Å². The fraction of sp³-hybridized carbons (Fsp3) is 0.333. The lowest BCUT2D eigenvalue weighted by Gasteiger charge is -2.18. The highest BCUT2D eigenvalue weighted by Crippen LogP contribution is 2.07. The number of nitrogen functional groups attached to an aromatic ring is 1. The van der Waals surface area contributed by atoms with Gasteiger partial charge in [0.1, 0.15) is 6.04 Å². The van der Waals surface area contributed by atoms with Crippen LogP contribution in [0, 0.1) is 5.92 Å². The molecule has 0 heterocycles. The van der Waals surface area contributed by atoms with Crippen molar-refractivity contribution >= 4 is 29.9 Å². The van der Waals surface area contributed by atoms with Crippen LogP contribution < -0.4 is 16.8 Å².